The molecular weight excluding hydrogens is 331 g/mol. The van der Waals surface area contributed by atoms with Crippen molar-refractivity contribution < 1.29 is 8.81 Å². The van der Waals surface area contributed by atoms with E-state index in [4.69, 9.17) is 4.42 Å². The summed E-state index contributed by atoms with van der Waals surface area (Å²) in [6, 6.07) is 10.8. The van der Waals surface area contributed by atoms with Gasteiger partial charge < -0.3 is 4.42 Å². The molecule has 6 heteroatoms. The second kappa shape index (κ2) is 7.74. The third-order valence-corrected chi connectivity index (χ3v) is 4.81. The van der Waals surface area contributed by atoms with E-state index in [2.05, 4.69) is 20.1 Å². The second-order valence-electron chi connectivity index (χ2n) is 6.63. The molecule has 26 heavy (non-hydrogen) atoms. The first-order valence-corrected chi connectivity index (χ1v) is 9.02. The minimum Gasteiger partial charge on any atom is -0.419 e. The third-order valence-electron chi connectivity index (χ3n) is 4.81. The first-order valence-electron chi connectivity index (χ1n) is 9.02. The standard InChI is InChI=1S/C20H21FN4O/c21-17-8-4-6-15(12-17)18-9-2-1-3-11-25(18)14-19-23-24-20(26-19)16-7-5-10-22-13-16/h4-8,10,12-13,18H,1-3,9,11,14H2. The first-order chi connectivity index (χ1) is 12.8. The quantitative estimate of drug-likeness (QED) is 0.697. The van der Waals surface area contributed by atoms with Gasteiger partial charge in [-0.1, -0.05) is 25.0 Å². The molecule has 3 heterocycles. The van der Waals surface area contributed by atoms with Gasteiger partial charge in [0.1, 0.15) is 5.82 Å². The van der Waals surface area contributed by atoms with Crippen LogP contribution in [-0.2, 0) is 6.54 Å². The normalized spacial score (nSPS) is 18.6. The van der Waals surface area contributed by atoms with Crippen LogP contribution in [0.2, 0.25) is 0 Å². The fourth-order valence-corrected chi connectivity index (χ4v) is 3.55. The van der Waals surface area contributed by atoms with Gasteiger partial charge in [0.25, 0.3) is 0 Å². The van der Waals surface area contributed by atoms with E-state index < -0.39 is 0 Å². The monoisotopic (exact) mass is 352 g/mol. The molecule has 3 aromatic rings. The van der Waals surface area contributed by atoms with Crippen LogP contribution in [0.1, 0.15) is 43.2 Å². The Morgan fingerprint density at radius 2 is 2.08 bits per heavy atom. The van der Waals surface area contributed by atoms with Gasteiger partial charge in [-0.15, -0.1) is 10.2 Å². The third kappa shape index (κ3) is 3.80. The maximum Gasteiger partial charge on any atom is 0.249 e. The summed E-state index contributed by atoms with van der Waals surface area (Å²) in [7, 11) is 0. The molecule has 2 aromatic heterocycles. The molecule has 1 atom stereocenters. The van der Waals surface area contributed by atoms with Crippen LogP contribution in [0, 0.1) is 5.82 Å². The van der Waals surface area contributed by atoms with Gasteiger partial charge in [0.05, 0.1) is 12.1 Å². The van der Waals surface area contributed by atoms with Crippen molar-refractivity contribution in [1.29, 1.82) is 0 Å². The lowest BCUT2D eigenvalue weighted by Gasteiger charge is -2.29. The maximum absolute atomic E-state index is 13.7. The minimum absolute atomic E-state index is 0.168. The highest BCUT2D eigenvalue weighted by molar-refractivity contribution is 5.49. The molecule has 134 valence electrons. The highest BCUT2D eigenvalue weighted by Gasteiger charge is 2.25. The molecule has 4 rings (SSSR count). The lowest BCUT2D eigenvalue weighted by Crippen LogP contribution is -2.28. The SMILES string of the molecule is Fc1cccc(C2CCCCCN2Cc2nnc(-c3cccnc3)o2)c1. The van der Waals surface area contributed by atoms with Gasteiger partial charge >= 0.3 is 0 Å². The lowest BCUT2D eigenvalue weighted by atomic mass is 10.0. The molecule has 5 nitrogen and oxygen atoms in total. The maximum atomic E-state index is 13.7. The van der Waals surface area contributed by atoms with E-state index in [1.807, 2.05) is 18.2 Å². The van der Waals surface area contributed by atoms with E-state index in [0.29, 0.717) is 18.3 Å². The van der Waals surface area contributed by atoms with Crippen molar-refractivity contribution in [3.63, 3.8) is 0 Å². The average molecular weight is 352 g/mol. The topological polar surface area (TPSA) is 55.1 Å². The van der Waals surface area contributed by atoms with Crippen LogP contribution in [0.4, 0.5) is 4.39 Å². The van der Waals surface area contributed by atoms with Gasteiger partial charge in [0.15, 0.2) is 0 Å². The Balaban J connectivity index is 1.55. The Kier molecular flexibility index (Phi) is 5.02. The van der Waals surface area contributed by atoms with Gasteiger partial charge in [0.2, 0.25) is 11.8 Å². The van der Waals surface area contributed by atoms with E-state index in [-0.39, 0.29) is 11.9 Å². The van der Waals surface area contributed by atoms with Crippen molar-refractivity contribution in [3.05, 3.63) is 66.1 Å². The Labute approximate surface area is 151 Å². The fraction of sp³-hybridized carbons (Fsp3) is 0.350. The van der Waals surface area contributed by atoms with Crippen LogP contribution in [0.3, 0.4) is 0 Å². The van der Waals surface area contributed by atoms with Crippen LogP contribution in [-0.4, -0.2) is 26.6 Å². The predicted molar refractivity (Wildman–Crippen MR) is 95.5 cm³/mol. The van der Waals surface area contributed by atoms with Gasteiger partial charge in [-0.05, 0) is 49.2 Å². The van der Waals surface area contributed by atoms with Crippen molar-refractivity contribution in [1.82, 2.24) is 20.1 Å². The molecule has 1 aliphatic rings. The number of nitrogens with zero attached hydrogens (tertiary/aromatic N) is 4. The Morgan fingerprint density at radius 1 is 1.12 bits per heavy atom. The molecule has 0 N–H and O–H groups in total. The largest absolute Gasteiger partial charge is 0.419 e. The van der Waals surface area contributed by atoms with Gasteiger partial charge in [-0.25, -0.2) is 4.39 Å². The zero-order valence-corrected chi connectivity index (χ0v) is 14.5. The molecule has 0 saturated carbocycles. The number of halogens is 1. The summed E-state index contributed by atoms with van der Waals surface area (Å²) in [5.74, 6) is 0.862. The summed E-state index contributed by atoms with van der Waals surface area (Å²) >= 11 is 0. The number of likely N-dealkylation sites (tertiary alicyclic amines) is 1. The van der Waals surface area contributed by atoms with Crippen LogP contribution in [0.25, 0.3) is 11.5 Å². The van der Waals surface area contributed by atoms with Gasteiger partial charge in [-0.3, -0.25) is 9.88 Å². The average Bonchev–Trinajstić information content (AvgIpc) is 3.01. The van der Waals surface area contributed by atoms with Crippen molar-refractivity contribution in [2.24, 2.45) is 0 Å². The summed E-state index contributed by atoms with van der Waals surface area (Å²) in [5.41, 5.74) is 1.82. The summed E-state index contributed by atoms with van der Waals surface area (Å²) in [5, 5.41) is 8.35. The van der Waals surface area contributed by atoms with E-state index in [9.17, 15) is 4.39 Å². The van der Waals surface area contributed by atoms with Crippen LogP contribution in [0.15, 0.2) is 53.2 Å². The summed E-state index contributed by atoms with van der Waals surface area (Å²) in [6.07, 6.45) is 7.87. The van der Waals surface area contributed by atoms with Gasteiger partial charge in [-0.2, -0.15) is 0 Å². The molecular formula is C20H21FN4O. The molecule has 1 aromatic carbocycles. The molecule has 0 amide bonds. The molecule has 1 saturated heterocycles. The van der Waals surface area contributed by atoms with E-state index in [1.54, 1.807) is 24.5 Å². The highest BCUT2D eigenvalue weighted by atomic mass is 19.1. The van der Waals surface area contributed by atoms with E-state index in [0.717, 1.165) is 36.9 Å². The van der Waals surface area contributed by atoms with E-state index >= 15 is 0 Å². The van der Waals surface area contributed by atoms with Crippen LogP contribution in [0.5, 0.6) is 0 Å². The van der Waals surface area contributed by atoms with Crippen LogP contribution >= 0.6 is 0 Å². The molecule has 0 spiro atoms. The number of aromatic nitrogens is 3. The molecule has 0 radical (unpaired) electrons. The molecule has 1 aliphatic heterocycles. The Bertz CT molecular complexity index is 852. The number of pyridine rings is 1. The Morgan fingerprint density at radius 3 is 2.92 bits per heavy atom. The van der Waals surface area contributed by atoms with E-state index in [1.165, 1.54) is 12.5 Å². The minimum atomic E-state index is -0.191. The molecule has 1 fully saturated rings. The molecule has 0 bridgehead atoms. The zero-order valence-electron chi connectivity index (χ0n) is 14.5. The first kappa shape index (κ1) is 16.8. The summed E-state index contributed by atoms with van der Waals surface area (Å²) < 4.78 is 19.5. The number of hydrogen-bond donors (Lipinski definition) is 0. The van der Waals surface area contributed by atoms with Crippen molar-refractivity contribution in [2.75, 3.05) is 6.54 Å². The molecule has 0 aliphatic carbocycles. The van der Waals surface area contributed by atoms with Crippen molar-refractivity contribution in [3.8, 4) is 11.5 Å². The summed E-state index contributed by atoms with van der Waals surface area (Å²) in [6.45, 7) is 1.50. The smallest absolute Gasteiger partial charge is 0.249 e. The van der Waals surface area contributed by atoms with Crippen molar-refractivity contribution in [2.45, 2.75) is 38.3 Å². The lowest BCUT2D eigenvalue weighted by molar-refractivity contribution is 0.174. The molecule has 1 unspecified atom stereocenters. The number of benzene rings is 1. The van der Waals surface area contributed by atoms with Crippen molar-refractivity contribution >= 4 is 0 Å². The fourth-order valence-electron chi connectivity index (χ4n) is 3.55. The number of hydrogen-bond acceptors (Lipinski definition) is 5. The highest BCUT2D eigenvalue weighted by Crippen LogP contribution is 2.31. The summed E-state index contributed by atoms with van der Waals surface area (Å²) in [4.78, 5) is 6.41. The zero-order chi connectivity index (χ0) is 17.8. The Hall–Kier alpha value is -2.60. The van der Waals surface area contributed by atoms with Gasteiger partial charge in [0, 0.05) is 18.4 Å². The second-order valence-corrected chi connectivity index (χ2v) is 6.63. The number of rotatable bonds is 4. The van der Waals surface area contributed by atoms with Crippen LogP contribution < -0.4 is 0 Å². The predicted octanol–water partition coefficient (Wildman–Crippen LogP) is 4.39.